The van der Waals surface area contributed by atoms with Gasteiger partial charge in [0.15, 0.2) is 0 Å². The van der Waals surface area contributed by atoms with Crippen LogP contribution in [-0.4, -0.2) is 28.6 Å². The first kappa shape index (κ1) is 18.2. The Kier molecular flexibility index (Phi) is 5.66. The molecule has 0 aromatic heterocycles. The highest BCUT2D eigenvalue weighted by Gasteiger charge is 2.16. The second-order valence-electron chi connectivity index (χ2n) is 5.98. The molecule has 0 saturated carbocycles. The summed E-state index contributed by atoms with van der Waals surface area (Å²) in [5.41, 5.74) is 2.13. The zero-order chi connectivity index (χ0) is 17.9. The van der Waals surface area contributed by atoms with Crippen LogP contribution in [0.3, 0.4) is 0 Å². The van der Waals surface area contributed by atoms with Crippen LogP contribution in [0.15, 0.2) is 51.8 Å². The molecule has 0 unspecified atom stereocenters. The molecule has 0 radical (unpaired) electrons. The van der Waals surface area contributed by atoms with Crippen molar-refractivity contribution in [2.45, 2.75) is 24.3 Å². The lowest BCUT2D eigenvalue weighted by Crippen LogP contribution is -2.23. The quantitative estimate of drug-likeness (QED) is 0.770. The Hall–Kier alpha value is -1.57. The van der Waals surface area contributed by atoms with E-state index in [1.807, 2.05) is 12.1 Å². The van der Waals surface area contributed by atoms with Gasteiger partial charge in [-0.05, 0) is 64.7 Å². The maximum atomic E-state index is 12.5. The molecule has 5 nitrogen and oxygen atoms in total. The van der Waals surface area contributed by atoms with Gasteiger partial charge in [0.25, 0.3) is 0 Å². The number of sulfonamides is 1. The van der Waals surface area contributed by atoms with E-state index in [2.05, 4.69) is 37.7 Å². The Morgan fingerprint density at radius 1 is 1.12 bits per heavy atom. The molecule has 1 aliphatic rings. The van der Waals surface area contributed by atoms with Crippen LogP contribution in [0.1, 0.15) is 18.4 Å². The highest BCUT2D eigenvalue weighted by atomic mass is 79.9. The molecule has 1 N–H and O–H groups in total. The third-order valence-electron chi connectivity index (χ3n) is 4.31. The molecular formula is C18H21BrN2O3S. The molecule has 2 aromatic rings. The molecule has 2 aromatic carbocycles. The number of hydrogen-bond acceptors (Lipinski definition) is 4. The topological polar surface area (TPSA) is 58.6 Å². The summed E-state index contributed by atoms with van der Waals surface area (Å²) in [5, 5.41) is 0. The summed E-state index contributed by atoms with van der Waals surface area (Å²) in [7, 11) is -2.04. The number of ether oxygens (including phenoxy) is 1. The predicted octanol–water partition coefficient (Wildman–Crippen LogP) is 3.54. The molecule has 1 saturated heterocycles. The molecule has 1 heterocycles. The number of nitrogens with zero attached hydrogens (tertiary/aromatic N) is 1. The molecule has 0 bridgehead atoms. The van der Waals surface area contributed by atoms with E-state index in [4.69, 9.17) is 4.74 Å². The van der Waals surface area contributed by atoms with Gasteiger partial charge in [0, 0.05) is 25.3 Å². The maximum absolute atomic E-state index is 12.5. The number of halogens is 1. The first-order valence-corrected chi connectivity index (χ1v) is 10.4. The molecule has 1 aliphatic heterocycles. The Balaban J connectivity index is 1.66. The van der Waals surface area contributed by atoms with Crippen LogP contribution in [0.4, 0.5) is 5.69 Å². The fraction of sp³-hybridized carbons (Fsp3) is 0.333. The van der Waals surface area contributed by atoms with Gasteiger partial charge in [0.1, 0.15) is 5.75 Å². The minimum atomic E-state index is -3.58. The largest absolute Gasteiger partial charge is 0.496 e. The van der Waals surface area contributed by atoms with Crippen molar-refractivity contribution in [2.75, 3.05) is 25.1 Å². The van der Waals surface area contributed by atoms with E-state index in [9.17, 15) is 8.42 Å². The summed E-state index contributed by atoms with van der Waals surface area (Å²) in [4.78, 5) is 2.55. The second kappa shape index (κ2) is 7.76. The van der Waals surface area contributed by atoms with E-state index in [0.29, 0.717) is 10.2 Å². The van der Waals surface area contributed by atoms with Crippen LogP contribution in [0.2, 0.25) is 0 Å². The zero-order valence-electron chi connectivity index (χ0n) is 14.0. The van der Waals surface area contributed by atoms with Crippen LogP contribution in [-0.2, 0) is 16.6 Å². The second-order valence-corrected chi connectivity index (χ2v) is 8.60. The van der Waals surface area contributed by atoms with Gasteiger partial charge in [-0.2, -0.15) is 0 Å². The summed E-state index contributed by atoms with van der Waals surface area (Å²) >= 11 is 3.31. The maximum Gasteiger partial charge on any atom is 0.240 e. The molecule has 0 amide bonds. The van der Waals surface area contributed by atoms with E-state index < -0.39 is 10.0 Å². The Morgan fingerprint density at radius 2 is 1.80 bits per heavy atom. The molecular weight excluding hydrogens is 404 g/mol. The molecule has 25 heavy (non-hydrogen) atoms. The van der Waals surface area contributed by atoms with Crippen molar-refractivity contribution >= 4 is 31.6 Å². The van der Waals surface area contributed by atoms with Crippen LogP contribution >= 0.6 is 15.9 Å². The summed E-state index contributed by atoms with van der Waals surface area (Å²) in [6.07, 6.45) is 2.47. The fourth-order valence-corrected chi connectivity index (χ4v) is 4.61. The van der Waals surface area contributed by atoms with E-state index in [-0.39, 0.29) is 11.4 Å². The third kappa shape index (κ3) is 4.34. The fourth-order valence-electron chi connectivity index (χ4n) is 2.88. The lowest BCUT2D eigenvalue weighted by Gasteiger charge is -2.17. The lowest BCUT2D eigenvalue weighted by molar-refractivity contribution is 0.411. The predicted molar refractivity (Wildman–Crippen MR) is 103 cm³/mol. The number of benzene rings is 2. The number of hydrogen-bond donors (Lipinski definition) is 1. The first-order valence-electron chi connectivity index (χ1n) is 8.17. The summed E-state index contributed by atoms with van der Waals surface area (Å²) in [6, 6.07) is 12.8. The van der Waals surface area contributed by atoms with Crippen LogP contribution < -0.4 is 14.4 Å². The van der Waals surface area contributed by atoms with Gasteiger partial charge in [-0.25, -0.2) is 13.1 Å². The highest BCUT2D eigenvalue weighted by molar-refractivity contribution is 9.10. The van der Waals surface area contributed by atoms with Crippen molar-refractivity contribution in [2.24, 2.45) is 0 Å². The van der Waals surface area contributed by atoms with Crippen LogP contribution in [0.25, 0.3) is 0 Å². The summed E-state index contributed by atoms with van der Waals surface area (Å²) in [5.74, 6) is 0.594. The lowest BCUT2D eigenvalue weighted by atomic mass is 10.2. The van der Waals surface area contributed by atoms with Gasteiger partial charge < -0.3 is 9.64 Å². The molecule has 0 atom stereocenters. The van der Waals surface area contributed by atoms with E-state index in [1.54, 1.807) is 13.2 Å². The Labute approximate surface area is 157 Å². The van der Waals surface area contributed by atoms with Crippen molar-refractivity contribution in [3.63, 3.8) is 0 Å². The average molecular weight is 425 g/mol. The number of nitrogens with one attached hydrogen (secondary N) is 1. The normalized spacial score (nSPS) is 14.7. The average Bonchev–Trinajstić information content (AvgIpc) is 3.15. The molecule has 1 fully saturated rings. The molecule has 3 rings (SSSR count). The number of rotatable bonds is 6. The molecule has 0 spiro atoms. The van der Waals surface area contributed by atoms with E-state index >= 15 is 0 Å². The minimum Gasteiger partial charge on any atom is -0.496 e. The van der Waals surface area contributed by atoms with Crippen LogP contribution in [0, 0.1) is 0 Å². The van der Waals surface area contributed by atoms with Gasteiger partial charge >= 0.3 is 0 Å². The molecule has 134 valence electrons. The SMILES string of the molecule is COc1ccc(S(=O)(=O)NCc2ccc(N3CCCC3)cc2)cc1Br. The summed E-state index contributed by atoms with van der Waals surface area (Å²) < 4.78 is 33.3. The van der Waals surface area contributed by atoms with Gasteiger partial charge in [-0.15, -0.1) is 0 Å². The van der Waals surface area contributed by atoms with Gasteiger partial charge in [-0.1, -0.05) is 12.1 Å². The van der Waals surface area contributed by atoms with E-state index in [0.717, 1.165) is 18.7 Å². The Morgan fingerprint density at radius 3 is 2.40 bits per heavy atom. The molecule has 7 heteroatoms. The standard InChI is InChI=1S/C18H21BrN2O3S/c1-24-18-9-8-16(12-17(18)19)25(22,23)20-13-14-4-6-15(7-5-14)21-10-2-3-11-21/h4-9,12,20H,2-3,10-11,13H2,1H3. The van der Waals surface area contributed by atoms with Gasteiger partial charge in [0.05, 0.1) is 16.5 Å². The summed E-state index contributed by atoms with van der Waals surface area (Å²) in [6.45, 7) is 2.45. The smallest absolute Gasteiger partial charge is 0.240 e. The number of methoxy groups -OCH3 is 1. The van der Waals surface area contributed by atoms with Crippen molar-refractivity contribution in [1.82, 2.24) is 4.72 Å². The van der Waals surface area contributed by atoms with E-state index in [1.165, 1.54) is 30.7 Å². The number of anilines is 1. The van der Waals surface area contributed by atoms with Crippen LogP contribution in [0.5, 0.6) is 5.75 Å². The first-order chi connectivity index (χ1) is 12.0. The minimum absolute atomic E-state index is 0.203. The van der Waals surface area contributed by atoms with Crippen molar-refractivity contribution in [1.29, 1.82) is 0 Å². The molecule has 0 aliphatic carbocycles. The van der Waals surface area contributed by atoms with Crippen molar-refractivity contribution in [3.05, 3.63) is 52.5 Å². The monoisotopic (exact) mass is 424 g/mol. The third-order valence-corrected chi connectivity index (χ3v) is 6.33. The Bertz CT molecular complexity index is 832. The van der Waals surface area contributed by atoms with Crippen molar-refractivity contribution in [3.8, 4) is 5.75 Å². The van der Waals surface area contributed by atoms with Crippen molar-refractivity contribution < 1.29 is 13.2 Å². The van der Waals surface area contributed by atoms with Gasteiger partial charge in [-0.3, -0.25) is 0 Å². The van der Waals surface area contributed by atoms with Gasteiger partial charge in [0.2, 0.25) is 10.0 Å². The highest BCUT2D eigenvalue weighted by Crippen LogP contribution is 2.27. The zero-order valence-corrected chi connectivity index (χ0v) is 16.4.